The van der Waals surface area contributed by atoms with E-state index in [0.29, 0.717) is 5.56 Å². The van der Waals surface area contributed by atoms with Crippen LogP contribution >= 0.6 is 0 Å². The molecule has 2 N–H and O–H groups in total. The summed E-state index contributed by atoms with van der Waals surface area (Å²) in [5.74, 6) is -0.287. The molecule has 100 valence electrons. The van der Waals surface area contributed by atoms with Crippen LogP contribution in [0.4, 0.5) is 0 Å². The highest BCUT2D eigenvalue weighted by atomic mass is 16.3. The van der Waals surface area contributed by atoms with Crippen LogP contribution in [0.15, 0.2) is 35.1 Å². The van der Waals surface area contributed by atoms with Crippen molar-refractivity contribution in [2.75, 3.05) is 0 Å². The third-order valence-electron chi connectivity index (χ3n) is 3.17. The summed E-state index contributed by atoms with van der Waals surface area (Å²) in [6, 6.07) is 11.0. The van der Waals surface area contributed by atoms with Gasteiger partial charge in [-0.25, -0.2) is 0 Å². The van der Waals surface area contributed by atoms with Crippen LogP contribution in [0.5, 0.6) is 5.88 Å². The van der Waals surface area contributed by atoms with E-state index in [0.717, 1.165) is 16.3 Å². The van der Waals surface area contributed by atoms with Gasteiger partial charge in [0.05, 0.1) is 12.1 Å². The Morgan fingerprint density at radius 1 is 1.40 bits per heavy atom. The van der Waals surface area contributed by atoms with E-state index in [9.17, 15) is 9.90 Å². The second kappa shape index (κ2) is 5.41. The van der Waals surface area contributed by atoms with Crippen molar-refractivity contribution in [3.05, 3.63) is 62.9 Å². The molecule has 0 unspecified atom stereocenters. The third kappa shape index (κ3) is 2.19. The molecule has 20 heavy (non-hydrogen) atoms. The predicted octanol–water partition coefficient (Wildman–Crippen LogP) is 1.78. The van der Waals surface area contributed by atoms with Gasteiger partial charge < -0.3 is 10.5 Å². The number of nitrogens with zero attached hydrogens (tertiary/aromatic N) is 2. The first kappa shape index (κ1) is 13.6. The Bertz CT molecular complexity index is 755. The molecular weight excluding hydrogens is 254 g/mol. The summed E-state index contributed by atoms with van der Waals surface area (Å²) >= 11 is 0. The maximum Gasteiger partial charge on any atom is 0.271 e. The maximum absolute atomic E-state index is 12.2. The van der Waals surface area contributed by atoms with Crippen LogP contribution in [0.25, 0.3) is 0 Å². The molecule has 0 aliphatic rings. The summed E-state index contributed by atoms with van der Waals surface area (Å²) < 4.78 is 1.11. The van der Waals surface area contributed by atoms with Gasteiger partial charge in [0.25, 0.3) is 5.56 Å². The summed E-state index contributed by atoms with van der Waals surface area (Å²) in [4.78, 5) is 12.2. The van der Waals surface area contributed by atoms with Gasteiger partial charge in [-0.05, 0) is 18.1 Å². The molecular formula is C15H13N3O2. The van der Waals surface area contributed by atoms with Crippen molar-refractivity contribution in [3.8, 4) is 11.9 Å². The fourth-order valence-electron chi connectivity index (χ4n) is 2.06. The fraction of sp³-hybridized carbons (Fsp3) is 0.133. The first-order valence-corrected chi connectivity index (χ1v) is 6.01. The minimum atomic E-state index is -0.544. The van der Waals surface area contributed by atoms with Crippen molar-refractivity contribution in [3.63, 3.8) is 0 Å². The molecule has 2 rings (SSSR count). The Kier molecular flexibility index (Phi) is 3.67. The minimum Gasteiger partial charge on any atom is -0.494 e. The number of nitriles is 1. The lowest BCUT2D eigenvalue weighted by Crippen LogP contribution is -2.25. The average Bonchev–Trinajstić information content (AvgIpc) is 2.46. The van der Waals surface area contributed by atoms with Gasteiger partial charge in [0.1, 0.15) is 11.6 Å². The highest BCUT2D eigenvalue weighted by Gasteiger charge is 2.17. The van der Waals surface area contributed by atoms with Gasteiger partial charge in [-0.1, -0.05) is 30.3 Å². The number of rotatable bonds is 3. The lowest BCUT2D eigenvalue weighted by Gasteiger charge is -2.13. The number of hydrogen-bond donors (Lipinski definition) is 2. The summed E-state index contributed by atoms with van der Waals surface area (Å²) in [6.07, 6.45) is 0.951. The Morgan fingerprint density at radius 2 is 2.05 bits per heavy atom. The number of pyridine rings is 1. The van der Waals surface area contributed by atoms with E-state index < -0.39 is 5.56 Å². The van der Waals surface area contributed by atoms with Gasteiger partial charge in [-0.2, -0.15) is 5.26 Å². The first-order chi connectivity index (χ1) is 9.60. The molecule has 2 aromatic rings. The van der Waals surface area contributed by atoms with Crippen molar-refractivity contribution in [1.82, 2.24) is 4.57 Å². The van der Waals surface area contributed by atoms with Crippen molar-refractivity contribution in [2.24, 2.45) is 0 Å². The van der Waals surface area contributed by atoms with Crippen molar-refractivity contribution >= 4 is 6.21 Å². The van der Waals surface area contributed by atoms with Crippen molar-refractivity contribution in [2.45, 2.75) is 13.5 Å². The largest absolute Gasteiger partial charge is 0.494 e. The molecule has 1 heterocycles. The number of nitrogens with one attached hydrogen (secondary N) is 1. The van der Waals surface area contributed by atoms with E-state index in [1.807, 2.05) is 36.4 Å². The molecule has 1 aromatic carbocycles. The quantitative estimate of drug-likeness (QED) is 0.830. The van der Waals surface area contributed by atoms with Gasteiger partial charge in [0, 0.05) is 6.21 Å². The molecule has 0 spiro atoms. The first-order valence-electron chi connectivity index (χ1n) is 6.01. The average molecular weight is 267 g/mol. The van der Waals surface area contributed by atoms with Crippen LogP contribution in [0.1, 0.15) is 22.3 Å². The zero-order chi connectivity index (χ0) is 14.7. The molecule has 0 bridgehead atoms. The molecule has 5 nitrogen and oxygen atoms in total. The molecule has 5 heteroatoms. The van der Waals surface area contributed by atoms with E-state index >= 15 is 0 Å². The van der Waals surface area contributed by atoms with Crippen LogP contribution in [-0.2, 0) is 6.54 Å². The molecule has 0 atom stereocenters. The number of hydrogen-bond acceptors (Lipinski definition) is 4. The zero-order valence-corrected chi connectivity index (χ0v) is 10.9. The van der Waals surface area contributed by atoms with Crippen LogP contribution < -0.4 is 5.56 Å². The molecule has 0 aliphatic heterocycles. The summed E-state index contributed by atoms with van der Waals surface area (Å²) in [5.41, 5.74) is 0.758. The number of benzene rings is 1. The molecule has 0 saturated carbocycles. The fourth-order valence-corrected chi connectivity index (χ4v) is 2.06. The smallest absolute Gasteiger partial charge is 0.271 e. The normalized spacial score (nSPS) is 10.0. The minimum absolute atomic E-state index is 0.0442. The number of aromatic hydroxyl groups is 1. The van der Waals surface area contributed by atoms with Gasteiger partial charge in [0.15, 0.2) is 0 Å². The molecule has 0 amide bonds. The predicted molar refractivity (Wildman–Crippen MR) is 75.2 cm³/mol. The SMILES string of the molecule is Cc1c(C=N)c(O)n(Cc2ccccc2)c(=O)c1C#N. The summed E-state index contributed by atoms with van der Waals surface area (Å²) in [6.45, 7) is 1.70. The lowest BCUT2D eigenvalue weighted by atomic mass is 10.1. The lowest BCUT2D eigenvalue weighted by molar-refractivity contribution is 0.413. The van der Waals surface area contributed by atoms with E-state index in [1.54, 1.807) is 6.92 Å². The summed E-state index contributed by atoms with van der Waals surface area (Å²) in [7, 11) is 0. The maximum atomic E-state index is 12.2. The van der Waals surface area contributed by atoms with Crippen LogP contribution in [0.2, 0.25) is 0 Å². The van der Waals surface area contributed by atoms with E-state index in [1.165, 1.54) is 0 Å². The van der Waals surface area contributed by atoms with E-state index in [2.05, 4.69) is 0 Å². The molecule has 0 aliphatic carbocycles. The number of aromatic nitrogens is 1. The van der Waals surface area contributed by atoms with Crippen molar-refractivity contribution in [1.29, 1.82) is 10.7 Å². The van der Waals surface area contributed by atoms with Crippen LogP contribution in [-0.4, -0.2) is 15.9 Å². The van der Waals surface area contributed by atoms with Gasteiger partial charge in [-0.3, -0.25) is 9.36 Å². The highest BCUT2D eigenvalue weighted by molar-refractivity contribution is 5.83. The standard InChI is InChI=1S/C15H13N3O2/c1-10-12(7-16)14(19)18(15(20)13(10)8-17)9-11-5-3-2-4-6-11/h2-7,16,19H,9H2,1H3. The van der Waals surface area contributed by atoms with Gasteiger partial charge in [-0.15, -0.1) is 0 Å². The summed E-state index contributed by atoms with van der Waals surface area (Å²) in [5, 5.41) is 26.5. The Morgan fingerprint density at radius 3 is 2.60 bits per heavy atom. The van der Waals surface area contributed by atoms with Crippen LogP contribution in [0.3, 0.4) is 0 Å². The van der Waals surface area contributed by atoms with E-state index in [4.69, 9.17) is 10.7 Å². The molecule has 1 aromatic heterocycles. The monoisotopic (exact) mass is 267 g/mol. The molecule has 0 fully saturated rings. The van der Waals surface area contributed by atoms with Gasteiger partial charge in [0.2, 0.25) is 5.88 Å². The second-order valence-corrected chi connectivity index (χ2v) is 4.37. The Balaban J connectivity index is 2.68. The molecule has 0 saturated heterocycles. The van der Waals surface area contributed by atoms with Crippen molar-refractivity contribution < 1.29 is 5.11 Å². The van der Waals surface area contributed by atoms with Crippen LogP contribution in [0, 0.1) is 23.7 Å². The van der Waals surface area contributed by atoms with E-state index in [-0.39, 0.29) is 23.6 Å². The Labute approximate surface area is 115 Å². The highest BCUT2D eigenvalue weighted by Crippen LogP contribution is 2.20. The topological polar surface area (TPSA) is 89.9 Å². The third-order valence-corrected chi connectivity index (χ3v) is 3.17. The Hall–Kier alpha value is -2.87. The van der Waals surface area contributed by atoms with Gasteiger partial charge >= 0.3 is 0 Å². The molecule has 0 radical (unpaired) electrons. The second-order valence-electron chi connectivity index (χ2n) is 4.37. The zero-order valence-electron chi connectivity index (χ0n) is 10.9.